The molecule has 3 heteroatoms. The molecule has 1 aliphatic carbocycles. The molecule has 0 saturated heterocycles. The molecule has 1 aromatic rings. The number of thiophene rings is 1. The van der Waals surface area contributed by atoms with Crippen LogP contribution < -0.4 is 5.32 Å². The van der Waals surface area contributed by atoms with Gasteiger partial charge in [0.05, 0.1) is 0 Å². The number of rotatable bonds is 3. The minimum Gasteiger partial charge on any atom is -0.317 e. The van der Waals surface area contributed by atoms with Crippen LogP contribution in [-0.2, 0) is 6.42 Å². The van der Waals surface area contributed by atoms with Crippen molar-refractivity contribution in [3.8, 4) is 0 Å². The minimum absolute atomic E-state index is 0.729. The maximum absolute atomic E-state index is 3.62. The first-order chi connectivity index (χ1) is 7.31. The van der Waals surface area contributed by atoms with Crippen molar-refractivity contribution in [2.24, 2.45) is 5.92 Å². The lowest BCUT2D eigenvalue weighted by atomic mass is 9.82. The predicted molar refractivity (Wildman–Crippen MR) is 70.5 cm³/mol. The zero-order chi connectivity index (χ0) is 10.7. The fourth-order valence-electron chi connectivity index (χ4n) is 2.54. The lowest BCUT2D eigenvalue weighted by Crippen LogP contribution is -2.37. The third kappa shape index (κ3) is 2.83. The van der Waals surface area contributed by atoms with Gasteiger partial charge in [-0.15, -0.1) is 11.3 Å². The molecule has 0 amide bonds. The molecule has 0 radical (unpaired) electrons. The predicted octanol–water partition coefficient (Wildman–Crippen LogP) is 3.83. The van der Waals surface area contributed by atoms with E-state index in [1.54, 1.807) is 0 Å². The molecule has 1 heterocycles. The molecule has 1 aliphatic rings. The molecule has 2 unspecified atom stereocenters. The molecular weight excluding hydrogens is 270 g/mol. The smallest absolute Gasteiger partial charge is 0.0314 e. The first kappa shape index (κ1) is 11.6. The van der Waals surface area contributed by atoms with Crippen LogP contribution in [0.4, 0.5) is 0 Å². The summed E-state index contributed by atoms with van der Waals surface area (Å²) >= 11 is 5.51. The molecule has 1 fully saturated rings. The van der Waals surface area contributed by atoms with Crippen molar-refractivity contribution in [2.75, 3.05) is 7.05 Å². The molecule has 2 rings (SSSR count). The zero-order valence-electron chi connectivity index (χ0n) is 9.13. The molecule has 1 aromatic heterocycles. The number of nitrogens with one attached hydrogen (secondary N) is 1. The van der Waals surface area contributed by atoms with Crippen molar-refractivity contribution < 1.29 is 0 Å². The Kier molecular flexibility index (Phi) is 4.23. The summed E-state index contributed by atoms with van der Waals surface area (Å²) in [5.41, 5.74) is 0. The van der Waals surface area contributed by atoms with Gasteiger partial charge in [-0.25, -0.2) is 0 Å². The molecule has 0 spiro atoms. The molecule has 15 heavy (non-hydrogen) atoms. The van der Waals surface area contributed by atoms with E-state index in [1.165, 1.54) is 41.5 Å². The molecule has 84 valence electrons. The zero-order valence-corrected chi connectivity index (χ0v) is 11.5. The Labute approximate surface area is 104 Å². The fraction of sp³-hybridized carbons (Fsp3) is 0.667. The van der Waals surface area contributed by atoms with E-state index in [1.807, 2.05) is 11.3 Å². The second-order valence-corrected chi connectivity index (χ2v) is 6.19. The molecular formula is C12H18BrNS. The van der Waals surface area contributed by atoms with E-state index in [4.69, 9.17) is 0 Å². The summed E-state index contributed by atoms with van der Waals surface area (Å²) < 4.78 is 1.30. The normalized spacial score (nSPS) is 26.8. The average molecular weight is 288 g/mol. The summed E-state index contributed by atoms with van der Waals surface area (Å²) in [5, 5.41) is 5.65. The Morgan fingerprint density at radius 2 is 2.27 bits per heavy atom. The van der Waals surface area contributed by atoms with Crippen molar-refractivity contribution in [3.05, 3.63) is 20.8 Å². The monoisotopic (exact) mass is 287 g/mol. The van der Waals surface area contributed by atoms with Crippen LogP contribution >= 0.6 is 27.3 Å². The molecule has 0 aromatic carbocycles. The van der Waals surface area contributed by atoms with Crippen molar-refractivity contribution in [2.45, 2.75) is 38.1 Å². The SMILES string of the molecule is CNC1CCCCC1Cc1sccc1Br. The molecule has 1 saturated carbocycles. The summed E-state index contributed by atoms with van der Waals surface area (Å²) in [6.07, 6.45) is 6.78. The van der Waals surface area contributed by atoms with Gasteiger partial charge in [0, 0.05) is 15.4 Å². The van der Waals surface area contributed by atoms with Crippen LogP contribution in [0.3, 0.4) is 0 Å². The van der Waals surface area contributed by atoms with Crippen LogP contribution in [0.1, 0.15) is 30.6 Å². The number of hydrogen-bond acceptors (Lipinski definition) is 2. The van der Waals surface area contributed by atoms with Gasteiger partial charge < -0.3 is 5.32 Å². The van der Waals surface area contributed by atoms with Crippen LogP contribution in [0, 0.1) is 5.92 Å². The van der Waals surface area contributed by atoms with Gasteiger partial charge >= 0.3 is 0 Å². The lowest BCUT2D eigenvalue weighted by Gasteiger charge is -2.31. The van der Waals surface area contributed by atoms with E-state index in [2.05, 4.69) is 39.7 Å². The second kappa shape index (κ2) is 5.46. The maximum atomic E-state index is 3.62. The van der Waals surface area contributed by atoms with Crippen LogP contribution in [0.25, 0.3) is 0 Å². The Hall–Kier alpha value is 0.140. The standard InChI is InChI=1S/C12H18BrNS/c1-14-11-5-3-2-4-9(11)8-12-10(13)6-7-15-12/h6-7,9,11,14H,2-5,8H2,1H3. The van der Waals surface area contributed by atoms with Crippen LogP contribution in [-0.4, -0.2) is 13.1 Å². The van der Waals surface area contributed by atoms with Gasteiger partial charge in [0.25, 0.3) is 0 Å². The van der Waals surface area contributed by atoms with E-state index in [9.17, 15) is 0 Å². The van der Waals surface area contributed by atoms with Gasteiger partial charge in [-0.05, 0) is 59.6 Å². The Bertz CT molecular complexity index is 310. The summed E-state index contributed by atoms with van der Waals surface area (Å²) in [6.45, 7) is 0. The van der Waals surface area contributed by atoms with Gasteiger partial charge in [-0.1, -0.05) is 12.8 Å². The van der Waals surface area contributed by atoms with E-state index in [-0.39, 0.29) is 0 Å². The third-order valence-corrected chi connectivity index (χ3v) is 5.37. The fourth-order valence-corrected chi connectivity index (χ4v) is 4.15. The van der Waals surface area contributed by atoms with Gasteiger partial charge in [-0.2, -0.15) is 0 Å². The van der Waals surface area contributed by atoms with Crippen molar-refractivity contribution in [3.63, 3.8) is 0 Å². The molecule has 1 nitrogen and oxygen atoms in total. The van der Waals surface area contributed by atoms with Gasteiger partial charge in [0.15, 0.2) is 0 Å². The summed E-state index contributed by atoms with van der Waals surface area (Å²) in [5.74, 6) is 0.832. The Morgan fingerprint density at radius 1 is 1.47 bits per heavy atom. The topological polar surface area (TPSA) is 12.0 Å². The van der Waals surface area contributed by atoms with E-state index < -0.39 is 0 Å². The highest BCUT2D eigenvalue weighted by atomic mass is 79.9. The first-order valence-corrected chi connectivity index (χ1v) is 7.37. The van der Waals surface area contributed by atoms with E-state index in [0.717, 1.165) is 12.0 Å². The van der Waals surface area contributed by atoms with Crippen molar-refractivity contribution in [1.29, 1.82) is 0 Å². The Morgan fingerprint density at radius 3 is 2.93 bits per heavy atom. The summed E-state index contributed by atoms with van der Waals surface area (Å²) in [4.78, 5) is 1.52. The summed E-state index contributed by atoms with van der Waals surface area (Å²) in [6, 6.07) is 2.89. The number of hydrogen-bond donors (Lipinski definition) is 1. The quantitative estimate of drug-likeness (QED) is 0.891. The molecule has 2 atom stereocenters. The first-order valence-electron chi connectivity index (χ1n) is 5.70. The maximum Gasteiger partial charge on any atom is 0.0314 e. The van der Waals surface area contributed by atoms with E-state index in [0.29, 0.717) is 0 Å². The number of halogens is 1. The highest BCUT2D eigenvalue weighted by Gasteiger charge is 2.24. The van der Waals surface area contributed by atoms with Gasteiger partial charge in [-0.3, -0.25) is 0 Å². The van der Waals surface area contributed by atoms with E-state index >= 15 is 0 Å². The average Bonchev–Trinajstić information content (AvgIpc) is 2.65. The van der Waals surface area contributed by atoms with Crippen molar-refractivity contribution in [1.82, 2.24) is 5.32 Å². The van der Waals surface area contributed by atoms with Crippen LogP contribution in [0.15, 0.2) is 15.9 Å². The Balaban J connectivity index is 2.00. The minimum atomic E-state index is 0.729. The van der Waals surface area contributed by atoms with Crippen LogP contribution in [0.2, 0.25) is 0 Å². The van der Waals surface area contributed by atoms with Gasteiger partial charge in [0.2, 0.25) is 0 Å². The third-order valence-electron chi connectivity index (χ3n) is 3.42. The molecule has 1 N–H and O–H groups in total. The van der Waals surface area contributed by atoms with Crippen LogP contribution in [0.5, 0.6) is 0 Å². The lowest BCUT2D eigenvalue weighted by molar-refractivity contribution is 0.273. The van der Waals surface area contributed by atoms with Gasteiger partial charge in [0.1, 0.15) is 0 Å². The van der Waals surface area contributed by atoms with Crippen molar-refractivity contribution >= 4 is 27.3 Å². The highest BCUT2D eigenvalue weighted by Crippen LogP contribution is 2.32. The summed E-state index contributed by atoms with van der Waals surface area (Å²) in [7, 11) is 2.10. The molecule has 0 bridgehead atoms. The highest BCUT2D eigenvalue weighted by molar-refractivity contribution is 9.10. The molecule has 0 aliphatic heterocycles. The second-order valence-electron chi connectivity index (χ2n) is 4.34. The largest absolute Gasteiger partial charge is 0.317 e.